The highest BCUT2D eigenvalue weighted by Crippen LogP contribution is 2.25. The van der Waals surface area contributed by atoms with Gasteiger partial charge in [-0.1, -0.05) is 70.7 Å². The van der Waals surface area contributed by atoms with Crippen molar-refractivity contribution in [3.05, 3.63) is 110 Å². The second-order valence-corrected chi connectivity index (χ2v) is 8.85. The van der Waals surface area contributed by atoms with Crippen LogP contribution in [0.2, 0.25) is 20.1 Å². The lowest BCUT2D eigenvalue weighted by molar-refractivity contribution is 0.102. The zero-order chi connectivity index (χ0) is 23.4. The van der Waals surface area contributed by atoms with Gasteiger partial charge in [-0.2, -0.15) is 5.10 Å². The van der Waals surface area contributed by atoms with Crippen LogP contribution < -0.4 is 10.1 Å². The molecule has 3 aromatic carbocycles. The van der Waals surface area contributed by atoms with Crippen molar-refractivity contribution >= 4 is 58.1 Å². The largest absolute Gasteiger partial charge is 0.489 e. The van der Waals surface area contributed by atoms with Crippen molar-refractivity contribution < 1.29 is 9.53 Å². The van der Waals surface area contributed by atoms with Crippen molar-refractivity contribution in [2.75, 3.05) is 5.32 Å². The average Bonchev–Trinajstić information content (AvgIpc) is 3.13. The molecule has 0 aliphatic carbocycles. The van der Waals surface area contributed by atoms with Crippen LogP contribution in [0.25, 0.3) is 0 Å². The second kappa shape index (κ2) is 10.5. The second-order valence-electron chi connectivity index (χ2n) is 7.16. The zero-order valence-electron chi connectivity index (χ0n) is 17.1. The summed E-state index contributed by atoms with van der Waals surface area (Å²) in [7, 11) is 0. The number of halogens is 4. The SMILES string of the molecule is O=C(Nc1nn(Cc2ccc(Cl)cc2Cl)cc1Cl)c1cccc(COc2cccc(Cl)c2)c1. The molecule has 0 bridgehead atoms. The number of anilines is 1. The van der Waals surface area contributed by atoms with Crippen LogP contribution in [0.1, 0.15) is 21.5 Å². The lowest BCUT2D eigenvalue weighted by Gasteiger charge is -2.08. The van der Waals surface area contributed by atoms with Gasteiger partial charge in [-0.15, -0.1) is 0 Å². The molecule has 0 aliphatic rings. The summed E-state index contributed by atoms with van der Waals surface area (Å²) in [5.41, 5.74) is 2.11. The van der Waals surface area contributed by atoms with Gasteiger partial charge >= 0.3 is 0 Å². The highest BCUT2D eigenvalue weighted by atomic mass is 35.5. The van der Waals surface area contributed by atoms with E-state index in [4.69, 9.17) is 51.1 Å². The molecule has 0 saturated carbocycles. The number of benzene rings is 3. The molecular weight excluding hydrogens is 504 g/mol. The molecule has 9 heteroatoms. The van der Waals surface area contributed by atoms with Crippen molar-refractivity contribution in [1.29, 1.82) is 0 Å². The molecule has 1 amide bonds. The van der Waals surface area contributed by atoms with Crippen molar-refractivity contribution in [2.45, 2.75) is 13.2 Å². The Morgan fingerprint density at radius 2 is 1.70 bits per heavy atom. The molecule has 0 spiro atoms. The van der Waals surface area contributed by atoms with E-state index in [2.05, 4.69) is 10.4 Å². The van der Waals surface area contributed by atoms with E-state index in [-0.39, 0.29) is 11.7 Å². The van der Waals surface area contributed by atoms with E-state index in [9.17, 15) is 4.79 Å². The fourth-order valence-electron chi connectivity index (χ4n) is 3.09. The van der Waals surface area contributed by atoms with E-state index in [1.54, 1.807) is 53.3 Å². The van der Waals surface area contributed by atoms with Gasteiger partial charge < -0.3 is 10.1 Å². The Morgan fingerprint density at radius 1 is 0.909 bits per heavy atom. The van der Waals surface area contributed by atoms with Crippen LogP contribution in [-0.2, 0) is 13.2 Å². The predicted molar refractivity (Wildman–Crippen MR) is 133 cm³/mol. The van der Waals surface area contributed by atoms with Crippen molar-refractivity contribution in [3.63, 3.8) is 0 Å². The van der Waals surface area contributed by atoms with Gasteiger partial charge in [0.2, 0.25) is 0 Å². The first-order valence-electron chi connectivity index (χ1n) is 9.83. The summed E-state index contributed by atoms with van der Waals surface area (Å²) in [6, 6.07) is 19.5. The third-order valence-corrected chi connectivity index (χ3v) is 5.79. The summed E-state index contributed by atoms with van der Waals surface area (Å²) in [4.78, 5) is 12.8. The lowest BCUT2D eigenvalue weighted by Crippen LogP contribution is -2.13. The molecule has 5 nitrogen and oxygen atoms in total. The standard InChI is InChI=1S/C24H17Cl4N3O2/c25-18-5-2-6-20(10-18)33-14-15-3-1-4-16(9-15)24(32)29-23-22(28)13-31(30-23)12-17-7-8-19(26)11-21(17)27/h1-11,13H,12,14H2,(H,29,30,32). The van der Waals surface area contributed by atoms with Crippen molar-refractivity contribution in [3.8, 4) is 5.75 Å². The number of nitrogens with zero attached hydrogens (tertiary/aromatic N) is 2. The van der Waals surface area contributed by atoms with Crippen molar-refractivity contribution in [1.82, 2.24) is 9.78 Å². The number of ether oxygens (including phenoxy) is 1. The molecule has 1 aromatic heterocycles. The molecule has 0 fully saturated rings. The van der Waals surface area contributed by atoms with Crippen LogP contribution in [-0.4, -0.2) is 15.7 Å². The number of nitrogens with one attached hydrogen (secondary N) is 1. The van der Waals surface area contributed by atoms with Crippen molar-refractivity contribution in [2.24, 2.45) is 0 Å². The maximum Gasteiger partial charge on any atom is 0.256 e. The monoisotopic (exact) mass is 519 g/mol. The Kier molecular flexibility index (Phi) is 7.46. The molecule has 168 valence electrons. The quantitative estimate of drug-likeness (QED) is 0.276. The Bertz CT molecular complexity index is 1310. The number of hydrogen-bond donors (Lipinski definition) is 1. The van der Waals surface area contributed by atoms with Crippen LogP contribution >= 0.6 is 46.4 Å². The van der Waals surface area contributed by atoms with Crippen LogP contribution in [0.3, 0.4) is 0 Å². The van der Waals surface area contributed by atoms with E-state index < -0.39 is 0 Å². The smallest absolute Gasteiger partial charge is 0.256 e. The van der Waals surface area contributed by atoms with E-state index in [0.717, 1.165) is 11.1 Å². The van der Waals surface area contributed by atoms with Gasteiger partial charge in [0.25, 0.3) is 5.91 Å². The number of carbonyl (C=O) groups is 1. The summed E-state index contributed by atoms with van der Waals surface area (Å²) in [6.45, 7) is 0.667. The van der Waals surface area contributed by atoms with Crippen LogP contribution in [0.5, 0.6) is 5.75 Å². The van der Waals surface area contributed by atoms with Gasteiger partial charge in [0, 0.05) is 26.8 Å². The van der Waals surface area contributed by atoms with Gasteiger partial charge in [-0.05, 0) is 53.6 Å². The number of rotatable bonds is 7. The van der Waals surface area contributed by atoms with Gasteiger partial charge in [-0.3, -0.25) is 9.48 Å². The van der Waals surface area contributed by atoms with E-state index in [1.165, 1.54) is 0 Å². The minimum Gasteiger partial charge on any atom is -0.489 e. The first-order chi connectivity index (χ1) is 15.9. The number of hydrogen-bond acceptors (Lipinski definition) is 3. The highest BCUT2D eigenvalue weighted by Gasteiger charge is 2.14. The molecule has 0 aliphatic heterocycles. The molecule has 4 aromatic rings. The first-order valence-corrected chi connectivity index (χ1v) is 11.3. The molecule has 0 atom stereocenters. The zero-order valence-corrected chi connectivity index (χ0v) is 20.1. The maximum atomic E-state index is 12.8. The summed E-state index contributed by atoms with van der Waals surface area (Å²) < 4.78 is 7.35. The van der Waals surface area contributed by atoms with Crippen LogP contribution in [0, 0.1) is 0 Å². The summed E-state index contributed by atoms with van der Waals surface area (Å²) in [5.74, 6) is 0.569. The molecule has 33 heavy (non-hydrogen) atoms. The van der Waals surface area contributed by atoms with E-state index in [0.29, 0.717) is 44.6 Å². The Hall–Kier alpha value is -2.70. The third kappa shape index (κ3) is 6.21. The molecule has 1 N–H and O–H groups in total. The average molecular weight is 521 g/mol. The molecular formula is C24H17Cl4N3O2. The lowest BCUT2D eigenvalue weighted by atomic mass is 10.1. The topological polar surface area (TPSA) is 56.2 Å². The Morgan fingerprint density at radius 3 is 2.48 bits per heavy atom. The highest BCUT2D eigenvalue weighted by molar-refractivity contribution is 6.35. The molecule has 1 heterocycles. The number of amides is 1. The minimum absolute atomic E-state index is 0.257. The summed E-state index contributed by atoms with van der Waals surface area (Å²) in [5, 5.41) is 9.10. The molecule has 0 radical (unpaired) electrons. The van der Waals surface area contributed by atoms with Crippen LogP contribution in [0.15, 0.2) is 72.9 Å². The first kappa shape index (κ1) is 23.5. The Balaban J connectivity index is 1.42. The van der Waals surface area contributed by atoms with Gasteiger partial charge in [0.1, 0.15) is 17.4 Å². The minimum atomic E-state index is -0.337. The fourth-order valence-corrected chi connectivity index (χ4v) is 3.94. The summed E-state index contributed by atoms with van der Waals surface area (Å²) >= 11 is 24.4. The predicted octanol–water partition coefficient (Wildman–Crippen LogP) is 7.38. The molecule has 0 saturated heterocycles. The van der Waals surface area contributed by atoms with Crippen LogP contribution in [0.4, 0.5) is 5.82 Å². The van der Waals surface area contributed by atoms with Gasteiger partial charge in [-0.25, -0.2) is 0 Å². The maximum absolute atomic E-state index is 12.8. The van der Waals surface area contributed by atoms with Gasteiger partial charge in [0.05, 0.1) is 6.54 Å². The fraction of sp³-hybridized carbons (Fsp3) is 0.0833. The normalized spacial score (nSPS) is 10.8. The van der Waals surface area contributed by atoms with E-state index in [1.807, 2.05) is 24.3 Å². The molecule has 4 rings (SSSR count). The van der Waals surface area contributed by atoms with E-state index >= 15 is 0 Å². The Labute approximate surface area is 210 Å². The van der Waals surface area contributed by atoms with Gasteiger partial charge in [0.15, 0.2) is 5.82 Å². The third-order valence-electron chi connectivity index (χ3n) is 4.69. The number of aromatic nitrogens is 2. The molecule has 0 unspecified atom stereocenters. The number of carbonyl (C=O) groups excluding carboxylic acids is 1. The summed E-state index contributed by atoms with van der Waals surface area (Å²) in [6.07, 6.45) is 1.62.